The average Bonchev–Trinajstić information content (AvgIpc) is 2.85. The number of aromatic nitrogens is 2. The molecule has 0 radical (unpaired) electrons. The first kappa shape index (κ1) is 10.9. The molecule has 0 aromatic carbocycles. The Morgan fingerprint density at radius 2 is 2.56 bits per heavy atom. The summed E-state index contributed by atoms with van der Waals surface area (Å²) in [5.41, 5.74) is 1.09. The Balaban J connectivity index is 2.11. The molecule has 1 amide bonds. The van der Waals surface area contributed by atoms with Gasteiger partial charge in [0.25, 0.3) is 0 Å². The molecule has 1 unspecified atom stereocenters. The van der Waals surface area contributed by atoms with Gasteiger partial charge in [0.15, 0.2) is 5.82 Å². The maximum Gasteiger partial charge on any atom is 0.228 e. The molecule has 0 spiro atoms. The Morgan fingerprint density at radius 3 is 3.19 bits per heavy atom. The van der Waals surface area contributed by atoms with Crippen molar-refractivity contribution in [1.82, 2.24) is 10.2 Å². The molecule has 1 N–H and O–H groups in total. The Morgan fingerprint density at radius 1 is 1.75 bits per heavy atom. The smallest absolute Gasteiger partial charge is 0.228 e. The molecule has 4 heteroatoms. The standard InChI is InChI=1S/C12H17N3O/c1-3-5-10-7-11(14-13-10)15-8-9(4-2)6-12(15)16/h4,7,9H,2-3,5-6,8H2,1H3,(H,13,14). The zero-order valence-electron chi connectivity index (χ0n) is 9.57. The summed E-state index contributed by atoms with van der Waals surface area (Å²) in [7, 11) is 0. The van der Waals surface area contributed by atoms with Gasteiger partial charge in [-0.25, -0.2) is 0 Å². The van der Waals surface area contributed by atoms with Crippen LogP contribution < -0.4 is 4.90 Å². The van der Waals surface area contributed by atoms with Crippen LogP contribution >= 0.6 is 0 Å². The van der Waals surface area contributed by atoms with Gasteiger partial charge in [-0.1, -0.05) is 19.4 Å². The third kappa shape index (κ3) is 2.01. The van der Waals surface area contributed by atoms with Crippen LogP contribution in [0.15, 0.2) is 18.7 Å². The number of nitrogens with zero attached hydrogens (tertiary/aromatic N) is 2. The Kier molecular flexibility index (Phi) is 3.08. The van der Waals surface area contributed by atoms with Gasteiger partial charge in [-0.2, -0.15) is 5.10 Å². The van der Waals surface area contributed by atoms with Crippen molar-refractivity contribution < 1.29 is 4.79 Å². The molecule has 1 atom stereocenters. The van der Waals surface area contributed by atoms with Gasteiger partial charge in [0.1, 0.15) is 0 Å². The first-order chi connectivity index (χ1) is 7.74. The molecule has 0 aliphatic carbocycles. The highest BCUT2D eigenvalue weighted by atomic mass is 16.2. The van der Waals surface area contributed by atoms with Gasteiger partial charge < -0.3 is 0 Å². The van der Waals surface area contributed by atoms with E-state index in [9.17, 15) is 4.79 Å². The number of carbonyl (C=O) groups is 1. The fourth-order valence-corrected chi connectivity index (χ4v) is 2.00. The second-order valence-electron chi connectivity index (χ2n) is 4.21. The highest BCUT2D eigenvalue weighted by molar-refractivity contribution is 5.95. The summed E-state index contributed by atoms with van der Waals surface area (Å²) in [6, 6.07) is 1.97. The van der Waals surface area contributed by atoms with Crippen LogP contribution in [-0.4, -0.2) is 22.6 Å². The van der Waals surface area contributed by atoms with E-state index in [0.717, 1.165) is 24.4 Å². The van der Waals surface area contributed by atoms with Crippen molar-refractivity contribution in [3.8, 4) is 0 Å². The lowest BCUT2D eigenvalue weighted by atomic mass is 10.1. The number of aromatic amines is 1. The van der Waals surface area contributed by atoms with Crippen LogP contribution in [-0.2, 0) is 11.2 Å². The quantitative estimate of drug-likeness (QED) is 0.786. The van der Waals surface area contributed by atoms with E-state index in [1.807, 2.05) is 12.1 Å². The van der Waals surface area contributed by atoms with Crippen molar-refractivity contribution in [2.75, 3.05) is 11.4 Å². The number of anilines is 1. The number of amides is 1. The number of aryl methyl sites for hydroxylation is 1. The van der Waals surface area contributed by atoms with Crippen molar-refractivity contribution in [3.63, 3.8) is 0 Å². The molecule has 1 saturated heterocycles. The van der Waals surface area contributed by atoms with Crippen molar-refractivity contribution in [3.05, 3.63) is 24.4 Å². The number of hydrogen-bond acceptors (Lipinski definition) is 2. The minimum absolute atomic E-state index is 0.138. The Hall–Kier alpha value is -1.58. The van der Waals surface area contributed by atoms with E-state index in [1.54, 1.807) is 4.90 Å². The lowest BCUT2D eigenvalue weighted by Gasteiger charge is -2.11. The zero-order valence-corrected chi connectivity index (χ0v) is 9.57. The van der Waals surface area contributed by atoms with Crippen LogP contribution in [0.4, 0.5) is 5.82 Å². The molecule has 1 aromatic rings. The predicted octanol–water partition coefficient (Wildman–Crippen LogP) is 1.90. The molecule has 16 heavy (non-hydrogen) atoms. The average molecular weight is 219 g/mol. The predicted molar refractivity (Wildman–Crippen MR) is 63.2 cm³/mol. The van der Waals surface area contributed by atoms with E-state index in [2.05, 4.69) is 23.7 Å². The lowest BCUT2D eigenvalue weighted by molar-refractivity contribution is -0.117. The summed E-state index contributed by atoms with van der Waals surface area (Å²) in [5.74, 6) is 1.15. The molecule has 4 nitrogen and oxygen atoms in total. The molecule has 86 valence electrons. The Labute approximate surface area is 95.3 Å². The summed E-state index contributed by atoms with van der Waals surface area (Å²) >= 11 is 0. The highest BCUT2D eigenvalue weighted by Gasteiger charge is 2.29. The molecule has 2 heterocycles. The second kappa shape index (κ2) is 4.51. The summed E-state index contributed by atoms with van der Waals surface area (Å²) in [5, 5.41) is 7.15. The SMILES string of the molecule is C=CC1CC(=O)N(c2cc(CCC)[nH]n2)C1. The fraction of sp³-hybridized carbons (Fsp3) is 0.500. The molecule has 2 rings (SSSR count). The van der Waals surface area contributed by atoms with Gasteiger partial charge in [0.05, 0.1) is 0 Å². The van der Waals surface area contributed by atoms with E-state index in [-0.39, 0.29) is 11.8 Å². The minimum Gasteiger partial charge on any atom is -0.295 e. The third-order valence-corrected chi connectivity index (χ3v) is 2.90. The van der Waals surface area contributed by atoms with Crippen LogP contribution in [0.3, 0.4) is 0 Å². The summed E-state index contributed by atoms with van der Waals surface area (Å²) in [4.78, 5) is 13.5. The molecular weight excluding hydrogens is 202 g/mol. The Bertz CT molecular complexity index is 397. The first-order valence-corrected chi connectivity index (χ1v) is 5.71. The topological polar surface area (TPSA) is 49.0 Å². The number of nitrogens with one attached hydrogen (secondary N) is 1. The highest BCUT2D eigenvalue weighted by Crippen LogP contribution is 2.24. The molecule has 1 aliphatic rings. The van der Waals surface area contributed by atoms with Crippen molar-refractivity contribution in [2.24, 2.45) is 5.92 Å². The largest absolute Gasteiger partial charge is 0.295 e. The molecular formula is C12H17N3O. The van der Waals surface area contributed by atoms with Crippen LogP contribution in [0.1, 0.15) is 25.5 Å². The van der Waals surface area contributed by atoms with Gasteiger partial charge in [-0.15, -0.1) is 6.58 Å². The minimum atomic E-state index is 0.138. The lowest BCUT2D eigenvalue weighted by Crippen LogP contribution is -2.24. The number of hydrogen-bond donors (Lipinski definition) is 1. The van der Waals surface area contributed by atoms with Crippen molar-refractivity contribution >= 4 is 11.7 Å². The van der Waals surface area contributed by atoms with Crippen LogP contribution in [0.5, 0.6) is 0 Å². The van der Waals surface area contributed by atoms with E-state index in [4.69, 9.17) is 0 Å². The third-order valence-electron chi connectivity index (χ3n) is 2.90. The molecule has 1 aromatic heterocycles. The summed E-state index contributed by atoms with van der Waals surface area (Å²) < 4.78 is 0. The molecule has 0 saturated carbocycles. The van der Waals surface area contributed by atoms with Crippen LogP contribution in [0, 0.1) is 5.92 Å². The van der Waals surface area contributed by atoms with Gasteiger partial charge >= 0.3 is 0 Å². The number of H-pyrrole nitrogens is 1. The summed E-state index contributed by atoms with van der Waals surface area (Å²) in [6.07, 6.45) is 4.45. The van der Waals surface area contributed by atoms with Crippen molar-refractivity contribution in [2.45, 2.75) is 26.2 Å². The van der Waals surface area contributed by atoms with Crippen LogP contribution in [0.25, 0.3) is 0 Å². The van der Waals surface area contributed by atoms with Gasteiger partial charge in [-0.3, -0.25) is 14.8 Å². The van der Waals surface area contributed by atoms with E-state index in [0.29, 0.717) is 13.0 Å². The van der Waals surface area contributed by atoms with E-state index in [1.165, 1.54) is 0 Å². The number of rotatable bonds is 4. The molecule has 1 aliphatic heterocycles. The van der Waals surface area contributed by atoms with Crippen LogP contribution in [0.2, 0.25) is 0 Å². The van der Waals surface area contributed by atoms with E-state index >= 15 is 0 Å². The number of carbonyl (C=O) groups excluding carboxylic acids is 1. The summed E-state index contributed by atoms with van der Waals surface area (Å²) in [6.45, 7) is 6.56. The molecule has 0 bridgehead atoms. The zero-order chi connectivity index (χ0) is 11.5. The molecule has 1 fully saturated rings. The van der Waals surface area contributed by atoms with Gasteiger partial charge in [-0.05, 0) is 6.42 Å². The first-order valence-electron chi connectivity index (χ1n) is 5.71. The van der Waals surface area contributed by atoms with Gasteiger partial charge in [0.2, 0.25) is 5.91 Å². The van der Waals surface area contributed by atoms with Crippen molar-refractivity contribution in [1.29, 1.82) is 0 Å². The fourth-order valence-electron chi connectivity index (χ4n) is 2.00. The normalized spacial score (nSPS) is 20.4. The maximum absolute atomic E-state index is 11.7. The second-order valence-corrected chi connectivity index (χ2v) is 4.21. The monoisotopic (exact) mass is 219 g/mol. The maximum atomic E-state index is 11.7. The van der Waals surface area contributed by atoms with E-state index < -0.39 is 0 Å². The van der Waals surface area contributed by atoms with Gasteiger partial charge in [0, 0.05) is 30.6 Å².